The Morgan fingerprint density at radius 3 is 1.23 bits per heavy atom. The monoisotopic (exact) mass is 990 g/mol. The lowest BCUT2D eigenvalue weighted by atomic mass is 10.0. The highest BCUT2D eigenvalue weighted by Gasteiger charge is 2.22. The van der Waals surface area contributed by atoms with Crippen LogP contribution in [0.4, 0.5) is 0 Å². The average molecular weight is 990 g/mol. The third kappa shape index (κ3) is 54.9. The highest BCUT2D eigenvalue weighted by Crippen LogP contribution is 2.38. The summed E-state index contributed by atoms with van der Waals surface area (Å²) < 4.78 is 34.1. The van der Waals surface area contributed by atoms with Gasteiger partial charge in [-0.1, -0.05) is 242 Å². The summed E-state index contributed by atoms with van der Waals surface area (Å²) in [6.45, 7) is 4.15. The molecule has 0 aliphatic rings. The largest absolute Gasteiger partial charge is 0.756 e. The van der Waals surface area contributed by atoms with Crippen LogP contribution in [-0.2, 0) is 32.7 Å². The van der Waals surface area contributed by atoms with E-state index in [4.69, 9.17) is 18.5 Å². The molecule has 2 unspecified atom stereocenters. The van der Waals surface area contributed by atoms with E-state index < -0.39 is 26.5 Å². The number of hydrogen-bond acceptors (Lipinski definition) is 8. The maximum absolute atomic E-state index is 12.8. The van der Waals surface area contributed by atoms with E-state index in [-0.39, 0.29) is 32.0 Å². The molecule has 0 fully saturated rings. The van der Waals surface area contributed by atoms with Crippen LogP contribution < -0.4 is 4.89 Å². The molecule has 0 saturated heterocycles. The van der Waals surface area contributed by atoms with Crippen molar-refractivity contribution in [2.75, 3.05) is 47.5 Å². The quantitative estimate of drug-likeness (QED) is 0.0195. The van der Waals surface area contributed by atoms with E-state index in [0.717, 1.165) is 70.6 Å². The number of carbonyl (C=O) groups excluding carboxylic acids is 2. The fourth-order valence-electron chi connectivity index (χ4n) is 7.92. The van der Waals surface area contributed by atoms with Crippen molar-refractivity contribution < 1.29 is 42.1 Å². The van der Waals surface area contributed by atoms with E-state index in [1.54, 1.807) is 0 Å². The number of phosphoric ester groups is 1. The number of rotatable bonds is 52. The molecule has 0 aliphatic carbocycles. The molecule has 2 atom stereocenters. The van der Waals surface area contributed by atoms with Gasteiger partial charge in [-0.05, 0) is 57.8 Å². The van der Waals surface area contributed by atoms with Gasteiger partial charge in [0.1, 0.15) is 19.8 Å². The highest BCUT2D eigenvalue weighted by molar-refractivity contribution is 7.45. The van der Waals surface area contributed by atoms with Gasteiger partial charge in [-0.2, -0.15) is 0 Å². The molecule has 10 heteroatoms. The van der Waals surface area contributed by atoms with E-state index >= 15 is 0 Å². The van der Waals surface area contributed by atoms with Crippen LogP contribution in [0.15, 0.2) is 60.8 Å². The van der Waals surface area contributed by atoms with E-state index in [2.05, 4.69) is 74.6 Å². The number of quaternary nitrogens is 1. The number of hydrogen-bond donors (Lipinski definition) is 0. The Hall–Kier alpha value is -2.29. The first-order valence-corrected chi connectivity index (χ1v) is 30.0. The van der Waals surface area contributed by atoms with Crippen LogP contribution >= 0.6 is 7.82 Å². The van der Waals surface area contributed by atoms with Crippen LogP contribution in [0, 0.1) is 0 Å². The normalized spacial score (nSPS) is 13.8. The summed E-state index contributed by atoms with van der Waals surface area (Å²) in [5, 5.41) is 0. The predicted octanol–water partition coefficient (Wildman–Crippen LogP) is 16.9. The Bertz CT molecular complexity index is 1350. The molecular weight excluding hydrogens is 882 g/mol. The summed E-state index contributed by atoms with van der Waals surface area (Å²) in [6.07, 6.45) is 64.0. The van der Waals surface area contributed by atoms with Crippen LogP contribution in [-0.4, -0.2) is 70.0 Å². The summed E-state index contributed by atoms with van der Waals surface area (Å²) in [4.78, 5) is 37.8. The molecule has 0 N–H and O–H groups in total. The van der Waals surface area contributed by atoms with Gasteiger partial charge in [0.25, 0.3) is 7.82 Å². The lowest BCUT2D eigenvalue weighted by Gasteiger charge is -2.28. The second kappa shape index (κ2) is 50.6. The first kappa shape index (κ1) is 66.7. The number of carbonyl (C=O) groups is 2. The van der Waals surface area contributed by atoms with Crippen LogP contribution in [0.5, 0.6) is 0 Å². The molecule has 0 aromatic rings. The molecule has 9 nitrogen and oxygen atoms in total. The lowest BCUT2D eigenvalue weighted by molar-refractivity contribution is -0.870. The zero-order valence-electron chi connectivity index (χ0n) is 45.5. The van der Waals surface area contributed by atoms with E-state index in [9.17, 15) is 19.0 Å². The molecule has 0 bridgehead atoms. The van der Waals surface area contributed by atoms with Crippen molar-refractivity contribution in [3.8, 4) is 0 Å². The Balaban J connectivity index is 4.13. The summed E-state index contributed by atoms with van der Waals surface area (Å²) in [5.41, 5.74) is 0. The molecule has 0 saturated carbocycles. The Labute approximate surface area is 426 Å². The zero-order chi connectivity index (χ0) is 50.6. The van der Waals surface area contributed by atoms with Gasteiger partial charge in [-0.15, -0.1) is 0 Å². The summed E-state index contributed by atoms with van der Waals surface area (Å²) in [7, 11) is 1.17. The molecule has 0 spiro atoms. The number of nitrogens with zero attached hydrogens (tertiary/aromatic N) is 1. The second-order valence-corrected chi connectivity index (χ2v) is 21.7. The lowest BCUT2D eigenvalue weighted by Crippen LogP contribution is -2.37. The molecule has 0 amide bonds. The second-order valence-electron chi connectivity index (χ2n) is 20.3. The first-order chi connectivity index (χ1) is 33.5. The number of esters is 2. The minimum atomic E-state index is -4.63. The van der Waals surface area contributed by atoms with Crippen molar-refractivity contribution in [3.63, 3.8) is 0 Å². The first-order valence-electron chi connectivity index (χ1n) is 28.5. The third-order valence-corrected chi connectivity index (χ3v) is 13.3. The predicted molar refractivity (Wildman–Crippen MR) is 291 cm³/mol. The van der Waals surface area contributed by atoms with Crippen molar-refractivity contribution in [1.29, 1.82) is 0 Å². The van der Waals surface area contributed by atoms with E-state index in [0.29, 0.717) is 17.4 Å². The summed E-state index contributed by atoms with van der Waals surface area (Å²) in [5.74, 6) is -0.826. The molecule has 0 aromatic carbocycles. The van der Waals surface area contributed by atoms with Gasteiger partial charge in [-0.3, -0.25) is 14.2 Å². The van der Waals surface area contributed by atoms with Gasteiger partial charge in [0.05, 0.1) is 27.7 Å². The maximum atomic E-state index is 12.8. The summed E-state index contributed by atoms with van der Waals surface area (Å²) >= 11 is 0. The standard InChI is InChI=1S/C59H108NO8P/c1-6-8-10-12-14-16-18-20-22-24-25-26-27-28-29-30-31-32-33-34-35-36-38-40-42-44-46-48-50-52-59(62)68-57(56-67-69(63,64)66-54-53-60(3,4)5)55-65-58(61)51-49-47-45-43-41-39-37-23-21-19-17-15-13-11-9-7-2/h8,10,14,16,20,22,25-26,28-29,57H,6-7,9,11-13,15,17-19,21,23-24,27,30-56H2,1-5H3/b10-8-,16-14-,22-20-,26-25-,29-28-. The van der Waals surface area contributed by atoms with Crippen molar-refractivity contribution in [1.82, 2.24) is 0 Å². The van der Waals surface area contributed by atoms with Crippen LogP contribution in [0.1, 0.15) is 251 Å². The Morgan fingerprint density at radius 2 is 0.826 bits per heavy atom. The van der Waals surface area contributed by atoms with Crippen molar-refractivity contribution in [2.24, 2.45) is 0 Å². The van der Waals surface area contributed by atoms with Gasteiger partial charge in [0.2, 0.25) is 0 Å². The van der Waals surface area contributed by atoms with Crippen molar-refractivity contribution in [3.05, 3.63) is 60.8 Å². The van der Waals surface area contributed by atoms with E-state index in [1.165, 1.54) is 148 Å². The van der Waals surface area contributed by atoms with Crippen LogP contribution in [0.25, 0.3) is 0 Å². The molecule has 69 heavy (non-hydrogen) atoms. The Morgan fingerprint density at radius 1 is 0.464 bits per heavy atom. The van der Waals surface area contributed by atoms with Gasteiger partial charge >= 0.3 is 11.9 Å². The van der Waals surface area contributed by atoms with Gasteiger partial charge in [-0.25, -0.2) is 0 Å². The fourth-order valence-corrected chi connectivity index (χ4v) is 8.65. The van der Waals surface area contributed by atoms with Gasteiger partial charge in [0.15, 0.2) is 6.10 Å². The third-order valence-electron chi connectivity index (χ3n) is 12.3. The molecule has 402 valence electrons. The zero-order valence-corrected chi connectivity index (χ0v) is 46.4. The Kier molecular flexibility index (Phi) is 49.0. The summed E-state index contributed by atoms with van der Waals surface area (Å²) in [6, 6.07) is 0. The molecular formula is C59H108NO8P. The maximum Gasteiger partial charge on any atom is 0.306 e. The highest BCUT2D eigenvalue weighted by atomic mass is 31.2. The number of phosphoric acid groups is 1. The van der Waals surface area contributed by atoms with Crippen molar-refractivity contribution in [2.45, 2.75) is 258 Å². The molecule has 0 radical (unpaired) electrons. The smallest absolute Gasteiger partial charge is 0.306 e. The van der Waals surface area contributed by atoms with Gasteiger partial charge < -0.3 is 27.9 Å². The number of allylic oxidation sites excluding steroid dienone is 10. The minimum absolute atomic E-state index is 0.0308. The minimum Gasteiger partial charge on any atom is -0.756 e. The molecule has 0 rings (SSSR count). The number of ether oxygens (including phenoxy) is 2. The van der Waals surface area contributed by atoms with E-state index in [1.807, 2.05) is 21.1 Å². The molecule has 0 heterocycles. The van der Waals surface area contributed by atoms with Crippen molar-refractivity contribution >= 4 is 19.8 Å². The average Bonchev–Trinajstić information content (AvgIpc) is 3.31. The van der Waals surface area contributed by atoms with Crippen LogP contribution in [0.2, 0.25) is 0 Å². The topological polar surface area (TPSA) is 111 Å². The molecule has 0 aromatic heterocycles. The van der Waals surface area contributed by atoms with Gasteiger partial charge in [0, 0.05) is 12.8 Å². The number of unbranched alkanes of at least 4 members (excludes halogenated alkanes) is 28. The SMILES string of the molecule is CC/C=C\C/C=C\C/C=C\C/C=C\C/C=C\CCCCCCCCCCCCCCCC(=O)OC(COC(=O)CCCCCCCCCCCCCCCCCC)COP(=O)([O-])OCC[N+](C)(C)C. The molecule has 0 aliphatic heterocycles. The number of likely N-dealkylation sites (N-methyl/N-ethyl adjacent to an activating group) is 1. The fraction of sp³-hybridized carbons (Fsp3) is 0.797. The van der Waals surface area contributed by atoms with Crippen LogP contribution in [0.3, 0.4) is 0 Å².